The summed E-state index contributed by atoms with van der Waals surface area (Å²) >= 11 is 3.52. The van der Waals surface area contributed by atoms with Crippen LogP contribution in [0.3, 0.4) is 0 Å². The van der Waals surface area contributed by atoms with E-state index < -0.39 is 10.0 Å². The summed E-state index contributed by atoms with van der Waals surface area (Å²) in [5.74, 6) is 0. The maximum Gasteiger partial charge on any atom is 0.236 e. The summed E-state index contributed by atoms with van der Waals surface area (Å²) in [5, 5.41) is 1.01. The van der Waals surface area contributed by atoms with Gasteiger partial charge in [0, 0.05) is 21.1 Å². The maximum atomic E-state index is 12.3. The Hall–Kier alpha value is -1.59. The Morgan fingerprint density at radius 1 is 1.09 bits per heavy atom. The van der Waals surface area contributed by atoms with Crippen molar-refractivity contribution in [3.63, 3.8) is 0 Å². The Bertz CT molecular complexity index is 1020. The molecule has 0 saturated heterocycles. The highest BCUT2D eigenvalue weighted by Gasteiger charge is 2.27. The molecule has 1 aliphatic rings. The summed E-state index contributed by atoms with van der Waals surface area (Å²) < 4.78 is 27.2. The number of hydrogen-bond donors (Lipinski definition) is 0. The number of rotatable bonds is 1. The van der Waals surface area contributed by atoms with E-state index in [1.165, 1.54) is 15.8 Å². The SMILES string of the molecule is CS(=O)(=O)n1c2c(c3ccccc31)-c1ccc(Br)cc1CC2. The molecule has 0 N–H and O–H groups in total. The Morgan fingerprint density at radius 2 is 1.86 bits per heavy atom. The van der Waals surface area contributed by atoms with E-state index in [1.54, 1.807) is 0 Å². The van der Waals surface area contributed by atoms with Crippen molar-refractivity contribution in [1.29, 1.82) is 0 Å². The third-order valence-electron chi connectivity index (χ3n) is 4.23. The van der Waals surface area contributed by atoms with Crippen molar-refractivity contribution in [3.05, 3.63) is 58.2 Å². The van der Waals surface area contributed by atoms with Gasteiger partial charge in [-0.05, 0) is 42.2 Å². The minimum atomic E-state index is -3.33. The monoisotopic (exact) mass is 375 g/mol. The van der Waals surface area contributed by atoms with Crippen molar-refractivity contribution >= 4 is 36.9 Å². The molecule has 2 aromatic carbocycles. The second-order valence-corrected chi connectivity index (χ2v) is 8.41. The highest BCUT2D eigenvalue weighted by Crippen LogP contribution is 2.42. The van der Waals surface area contributed by atoms with Gasteiger partial charge in [0.25, 0.3) is 0 Å². The van der Waals surface area contributed by atoms with Gasteiger partial charge in [0.2, 0.25) is 10.0 Å². The van der Waals surface area contributed by atoms with Gasteiger partial charge in [0.05, 0.1) is 11.8 Å². The molecule has 1 aliphatic carbocycles. The molecule has 0 radical (unpaired) electrons. The molecule has 112 valence electrons. The summed E-state index contributed by atoms with van der Waals surface area (Å²) in [6, 6.07) is 14.0. The summed E-state index contributed by atoms with van der Waals surface area (Å²) in [7, 11) is -3.33. The van der Waals surface area contributed by atoms with Crippen molar-refractivity contribution < 1.29 is 8.42 Å². The number of para-hydroxylation sites is 1. The molecular formula is C17H14BrNO2S. The fourth-order valence-corrected chi connectivity index (χ4v) is 4.94. The van der Waals surface area contributed by atoms with Crippen LogP contribution in [0.25, 0.3) is 22.0 Å². The molecule has 1 heterocycles. The highest BCUT2D eigenvalue weighted by molar-refractivity contribution is 9.10. The lowest BCUT2D eigenvalue weighted by atomic mass is 9.88. The molecule has 0 amide bonds. The topological polar surface area (TPSA) is 39.1 Å². The smallest absolute Gasteiger partial charge is 0.236 e. The Labute approximate surface area is 137 Å². The lowest BCUT2D eigenvalue weighted by molar-refractivity contribution is 0.592. The second-order valence-electron chi connectivity index (χ2n) is 5.67. The normalized spacial score (nSPS) is 13.9. The molecule has 22 heavy (non-hydrogen) atoms. The van der Waals surface area contributed by atoms with Gasteiger partial charge in [-0.3, -0.25) is 0 Å². The van der Waals surface area contributed by atoms with Crippen LogP contribution in [-0.4, -0.2) is 18.6 Å². The minimum absolute atomic E-state index is 0.737. The molecule has 0 fully saturated rings. The number of aryl methyl sites for hydroxylation is 1. The molecule has 3 nitrogen and oxygen atoms in total. The molecular weight excluding hydrogens is 362 g/mol. The Morgan fingerprint density at radius 3 is 2.64 bits per heavy atom. The van der Waals surface area contributed by atoms with E-state index in [1.807, 2.05) is 30.3 Å². The fraction of sp³-hybridized carbons (Fsp3) is 0.176. The Balaban J connectivity index is 2.18. The number of benzene rings is 2. The molecule has 0 unspecified atom stereocenters. The quantitative estimate of drug-likeness (QED) is 0.645. The van der Waals surface area contributed by atoms with E-state index in [9.17, 15) is 8.42 Å². The van der Waals surface area contributed by atoms with Crippen molar-refractivity contribution in [2.75, 3.05) is 6.26 Å². The first-order chi connectivity index (χ1) is 10.5. The van der Waals surface area contributed by atoms with Gasteiger partial charge in [-0.25, -0.2) is 12.4 Å². The zero-order chi connectivity index (χ0) is 15.5. The predicted molar refractivity (Wildman–Crippen MR) is 92.7 cm³/mol. The van der Waals surface area contributed by atoms with Crippen molar-refractivity contribution in [3.8, 4) is 11.1 Å². The third-order valence-corrected chi connectivity index (χ3v) is 5.80. The molecule has 1 aromatic heterocycles. The van der Waals surface area contributed by atoms with Gasteiger partial charge in [-0.1, -0.05) is 40.2 Å². The van der Waals surface area contributed by atoms with Crippen LogP contribution in [0, 0.1) is 0 Å². The van der Waals surface area contributed by atoms with Gasteiger partial charge >= 0.3 is 0 Å². The second kappa shape index (κ2) is 4.70. The zero-order valence-electron chi connectivity index (χ0n) is 12.0. The molecule has 3 aromatic rings. The van der Waals surface area contributed by atoms with Crippen LogP contribution in [0.4, 0.5) is 0 Å². The fourth-order valence-electron chi connectivity index (χ4n) is 3.44. The molecule has 0 saturated carbocycles. The molecule has 5 heteroatoms. The lowest BCUT2D eigenvalue weighted by Crippen LogP contribution is -2.16. The van der Waals surface area contributed by atoms with Crippen LogP contribution in [0.2, 0.25) is 0 Å². The van der Waals surface area contributed by atoms with E-state index in [4.69, 9.17) is 0 Å². The largest absolute Gasteiger partial charge is 0.241 e. The van der Waals surface area contributed by atoms with Crippen LogP contribution in [-0.2, 0) is 22.9 Å². The van der Waals surface area contributed by atoms with Crippen molar-refractivity contribution in [1.82, 2.24) is 3.97 Å². The van der Waals surface area contributed by atoms with Gasteiger partial charge in [0.15, 0.2) is 0 Å². The van der Waals surface area contributed by atoms with Crippen LogP contribution in [0.5, 0.6) is 0 Å². The standard InChI is InChI=1S/C17H14BrNO2S/c1-22(20,21)19-15-5-3-2-4-14(15)17-13-8-7-12(18)10-11(13)6-9-16(17)19/h2-5,7-8,10H,6,9H2,1H3. The number of halogens is 1. The van der Waals surface area contributed by atoms with Crippen LogP contribution < -0.4 is 0 Å². The van der Waals surface area contributed by atoms with Crippen LogP contribution in [0.15, 0.2) is 46.9 Å². The van der Waals surface area contributed by atoms with Crippen molar-refractivity contribution in [2.45, 2.75) is 12.8 Å². The number of aromatic nitrogens is 1. The van der Waals surface area contributed by atoms with E-state index in [0.717, 1.165) is 45.0 Å². The maximum absolute atomic E-state index is 12.3. The molecule has 4 rings (SSSR count). The van der Waals surface area contributed by atoms with Gasteiger partial charge < -0.3 is 0 Å². The third kappa shape index (κ3) is 1.96. The summed E-state index contributed by atoms with van der Waals surface area (Å²) in [4.78, 5) is 0. The van der Waals surface area contributed by atoms with E-state index in [2.05, 4.69) is 28.1 Å². The van der Waals surface area contributed by atoms with E-state index >= 15 is 0 Å². The predicted octanol–water partition coefficient (Wildman–Crippen LogP) is 3.98. The lowest BCUT2D eigenvalue weighted by Gasteiger charge is -2.19. The van der Waals surface area contributed by atoms with Crippen molar-refractivity contribution in [2.24, 2.45) is 0 Å². The average molecular weight is 376 g/mol. The van der Waals surface area contributed by atoms with E-state index in [-0.39, 0.29) is 0 Å². The molecule has 0 aliphatic heterocycles. The van der Waals surface area contributed by atoms with Crippen LogP contribution >= 0.6 is 15.9 Å². The number of nitrogens with zero attached hydrogens (tertiary/aromatic N) is 1. The van der Waals surface area contributed by atoms with Gasteiger partial charge in [-0.2, -0.15) is 0 Å². The molecule has 0 atom stereocenters. The first kappa shape index (κ1) is 14.0. The average Bonchev–Trinajstić information content (AvgIpc) is 2.81. The van der Waals surface area contributed by atoms with Crippen LogP contribution in [0.1, 0.15) is 11.3 Å². The minimum Gasteiger partial charge on any atom is -0.241 e. The van der Waals surface area contributed by atoms with E-state index in [0.29, 0.717) is 0 Å². The van der Waals surface area contributed by atoms with Gasteiger partial charge in [0.1, 0.15) is 0 Å². The number of hydrogen-bond acceptors (Lipinski definition) is 2. The molecule has 0 bridgehead atoms. The molecule has 0 spiro atoms. The van der Waals surface area contributed by atoms with Gasteiger partial charge in [-0.15, -0.1) is 0 Å². The number of fused-ring (bicyclic) bond motifs is 5. The first-order valence-corrected chi connectivity index (χ1v) is 9.72. The summed E-state index contributed by atoms with van der Waals surface area (Å²) in [5.41, 5.74) is 5.14. The summed E-state index contributed by atoms with van der Waals surface area (Å²) in [6.45, 7) is 0. The first-order valence-electron chi connectivity index (χ1n) is 7.08. The summed E-state index contributed by atoms with van der Waals surface area (Å²) in [6.07, 6.45) is 2.87. The highest BCUT2D eigenvalue weighted by atomic mass is 79.9. The Kier molecular flexibility index (Phi) is 3.00. The zero-order valence-corrected chi connectivity index (χ0v) is 14.4.